The lowest BCUT2D eigenvalue weighted by molar-refractivity contribution is 0.0600. The Hall–Kier alpha value is -3.15. The lowest BCUT2D eigenvalue weighted by Gasteiger charge is -2.05. The average molecular weight is 296 g/mol. The number of nitrogens with zero attached hydrogens (tertiary/aromatic N) is 1. The third-order valence-electron chi connectivity index (χ3n) is 3.27. The third kappa shape index (κ3) is 2.10. The molecule has 2 aromatic heterocycles. The number of ether oxygens (including phenoxy) is 1. The topological polar surface area (TPSA) is 95.4 Å². The Morgan fingerprint density at radius 3 is 2.68 bits per heavy atom. The molecular formula is C16H12N2O4. The number of aromatic nitrogens is 1. The predicted molar refractivity (Wildman–Crippen MR) is 79.3 cm³/mol. The van der Waals surface area contributed by atoms with Gasteiger partial charge in [0.15, 0.2) is 5.76 Å². The number of methoxy groups -OCH3 is 1. The lowest BCUT2D eigenvalue weighted by atomic mass is 10.1. The number of pyridine rings is 1. The summed E-state index contributed by atoms with van der Waals surface area (Å²) in [6.45, 7) is 0. The molecule has 0 spiro atoms. The van der Waals surface area contributed by atoms with Gasteiger partial charge in [-0.05, 0) is 18.2 Å². The molecule has 0 bridgehead atoms. The van der Waals surface area contributed by atoms with Crippen molar-refractivity contribution in [1.29, 1.82) is 0 Å². The first-order valence-electron chi connectivity index (χ1n) is 6.48. The number of esters is 1. The highest BCUT2D eigenvalue weighted by atomic mass is 16.5. The molecule has 1 aromatic carbocycles. The number of benzene rings is 1. The van der Waals surface area contributed by atoms with Crippen molar-refractivity contribution in [1.82, 2.24) is 4.98 Å². The van der Waals surface area contributed by atoms with E-state index < -0.39 is 11.9 Å². The van der Waals surface area contributed by atoms with Crippen LogP contribution in [-0.4, -0.2) is 24.0 Å². The SMILES string of the molecule is COC(=O)c1cccnc1-c1oc2ccccc2c1C(N)=O. The number of furan rings is 1. The molecule has 0 saturated heterocycles. The first-order chi connectivity index (χ1) is 10.6. The first-order valence-corrected chi connectivity index (χ1v) is 6.48. The molecule has 0 aliphatic carbocycles. The van der Waals surface area contributed by atoms with E-state index in [4.69, 9.17) is 14.9 Å². The van der Waals surface area contributed by atoms with Gasteiger partial charge in [0.25, 0.3) is 5.91 Å². The van der Waals surface area contributed by atoms with Gasteiger partial charge in [-0.1, -0.05) is 18.2 Å². The number of hydrogen-bond acceptors (Lipinski definition) is 5. The van der Waals surface area contributed by atoms with Crippen LogP contribution in [0.25, 0.3) is 22.4 Å². The molecule has 0 unspecified atom stereocenters. The molecule has 3 aromatic rings. The zero-order chi connectivity index (χ0) is 15.7. The van der Waals surface area contributed by atoms with Gasteiger partial charge >= 0.3 is 5.97 Å². The Morgan fingerprint density at radius 1 is 1.18 bits per heavy atom. The molecule has 0 aliphatic heterocycles. The number of rotatable bonds is 3. The van der Waals surface area contributed by atoms with E-state index in [0.717, 1.165) is 0 Å². The second-order valence-corrected chi connectivity index (χ2v) is 4.56. The Kier molecular flexibility index (Phi) is 3.34. The molecule has 0 radical (unpaired) electrons. The number of nitrogens with two attached hydrogens (primary N) is 1. The van der Waals surface area contributed by atoms with Crippen LogP contribution in [-0.2, 0) is 4.74 Å². The van der Waals surface area contributed by atoms with Crippen LogP contribution in [0.15, 0.2) is 47.0 Å². The van der Waals surface area contributed by atoms with Gasteiger partial charge in [-0.2, -0.15) is 0 Å². The summed E-state index contributed by atoms with van der Waals surface area (Å²) < 4.78 is 10.4. The summed E-state index contributed by atoms with van der Waals surface area (Å²) in [5, 5.41) is 0.575. The number of fused-ring (bicyclic) bond motifs is 1. The third-order valence-corrected chi connectivity index (χ3v) is 3.27. The van der Waals surface area contributed by atoms with Gasteiger partial charge < -0.3 is 14.9 Å². The summed E-state index contributed by atoms with van der Waals surface area (Å²) in [6, 6.07) is 10.1. The molecular weight excluding hydrogens is 284 g/mol. The minimum absolute atomic E-state index is 0.162. The smallest absolute Gasteiger partial charge is 0.340 e. The molecule has 3 rings (SSSR count). The van der Waals surface area contributed by atoms with Crippen molar-refractivity contribution in [2.24, 2.45) is 5.73 Å². The molecule has 0 aliphatic rings. The van der Waals surface area contributed by atoms with Crippen LogP contribution in [0.4, 0.5) is 0 Å². The van der Waals surface area contributed by atoms with Crippen molar-refractivity contribution in [3.63, 3.8) is 0 Å². The van der Waals surface area contributed by atoms with Crippen LogP contribution in [0.1, 0.15) is 20.7 Å². The van der Waals surface area contributed by atoms with Crippen LogP contribution in [0.5, 0.6) is 0 Å². The highest BCUT2D eigenvalue weighted by molar-refractivity contribution is 6.11. The lowest BCUT2D eigenvalue weighted by Crippen LogP contribution is -2.13. The summed E-state index contributed by atoms with van der Waals surface area (Å²) >= 11 is 0. The molecule has 0 saturated carbocycles. The van der Waals surface area contributed by atoms with Gasteiger partial charge in [-0.25, -0.2) is 4.79 Å². The van der Waals surface area contributed by atoms with Crippen molar-refractivity contribution in [3.05, 3.63) is 53.7 Å². The zero-order valence-electron chi connectivity index (χ0n) is 11.7. The predicted octanol–water partition coefficient (Wildman–Crippen LogP) is 2.38. The largest absolute Gasteiger partial charge is 0.465 e. The molecule has 2 heterocycles. The van der Waals surface area contributed by atoms with Gasteiger partial charge in [-0.15, -0.1) is 0 Å². The maximum Gasteiger partial charge on any atom is 0.340 e. The van der Waals surface area contributed by atoms with E-state index in [1.807, 2.05) is 0 Å². The van der Waals surface area contributed by atoms with Crippen molar-refractivity contribution >= 4 is 22.8 Å². The van der Waals surface area contributed by atoms with Crippen molar-refractivity contribution in [3.8, 4) is 11.5 Å². The highest BCUT2D eigenvalue weighted by Gasteiger charge is 2.25. The molecule has 0 fully saturated rings. The minimum Gasteiger partial charge on any atom is -0.465 e. The van der Waals surface area contributed by atoms with E-state index in [2.05, 4.69) is 4.98 Å². The quantitative estimate of drug-likeness (QED) is 0.749. The van der Waals surface area contributed by atoms with Crippen LogP contribution >= 0.6 is 0 Å². The Labute approximate surface area is 125 Å². The molecule has 1 amide bonds. The second kappa shape index (κ2) is 5.33. The monoisotopic (exact) mass is 296 g/mol. The van der Waals surface area contributed by atoms with Crippen molar-refractivity contribution in [2.45, 2.75) is 0 Å². The van der Waals surface area contributed by atoms with Crippen molar-refractivity contribution < 1.29 is 18.7 Å². The molecule has 6 nitrogen and oxygen atoms in total. The van der Waals surface area contributed by atoms with Crippen molar-refractivity contribution in [2.75, 3.05) is 7.11 Å². The summed E-state index contributed by atoms with van der Waals surface area (Å²) in [7, 11) is 1.27. The highest BCUT2D eigenvalue weighted by Crippen LogP contribution is 2.34. The zero-order valence-corrected chi connectivity index (χ0v) is 11.7. The standard InChI is InChI=1S/C16H12N2O4/c1-21-16(20)10-6-4-8-18-13(10)14-12(15(17)19)9-5-2-3-7-11(9)22-14/h2-8H,1H3,(H2,17,19). The Balaban J connectivity index is 2.34. The Bertz CT molecular complexity index is 883. The van der Waals surface area contributed by atoms with Gasteiger partial charge in [-0.3, -0.25) is 9.78 Å². The van der Waals surface area contributed by atoms with Gasteiger partial charge in [0.1, 0.15) is 11.3 Å². The summed E-state index contributed by atoms with van der Waals surface area (Å²) in [4.78, 5) is 27.9. The normalized spacial score (nSPS) is 10.6. The molecule has 110 valence electrons. The maximum absolute atomic E-state index is 11.9. The summed E-state index contributed by atoms with van der Waals surface area (Å²) in [5.41, 5.74) is 6.59. The summed E-state index contributed by atoms with van der Waals surface area (Å²) in [5.74, 6) is -1.06. The number of primary amides is 1. The average Bonchev–Trinajstić information content (AvgIpc) is 2.93. The Morgan fingerprint density at radius 2 is 1.95 bits per heavy atom. The van der Waals surface area contributed by atoms with Crippen LogP contribution in [0.2, 0.25) is 0 Å². The minimum atomic E-state index is -0.651. The molecule has 2 N–H and O–H groups in total. The fraction of sp³-hybridized carbons (Fsp3) is 0.0625. The fourth-order valence-corrected chi connectivity index (χ4v) is 2.32. The van der Waals surface area contributed by atoms with E-state index in [-0.39, 0.29) is 22.6 Å². The molecule has 22 heavy (non-hydrogen) atoms. The van der Waals surface area contributed by atoms with E-state index in [9.17, 15) is 9.59 Å². The van der Waals surface area contributed by atoms with E-state index in [1.54, 1.807) is 36.4 Å². The van der Waals surface area contributed by atoms with Gasteiger partial charge in [0.2, 0.25) is 0 Å². The van der Waals surface area contributed by atoms with Crippen LogP contribution in [0, 0.1) is 0 Å². The molecule has 0 atom stereocenters. The van der Waals surface area contributed by atoms with E-state index in [0.29, 0.717) is 11.0 Å². The first kappa shape index (κ1) is 13.8. The van der Waals surface area contributed by atoms with Gasteiger partial charge in [0, 0.05) is 11.6 Å². The number of para-hydroxylation sites is 1. The number of carbonyl (C=O) groups excluding carboxylic acids is 2. The summed E-state index contributed by atoms with van der Waals surface area (Å²) in [6.07, 6.45) is 1.50. The molecule has 6 heteroatoms. The number of hydrogen-bond donors (Lipinski definition) is 1. The van der Waals surface area contributed by atoms with E-state index >= 15 is 0 Å². The van der Waals surface area contributed by atoms with E-state index in [1.165, 1.54) is 13.3 Å². The van der Waals surface area contributed by atoms with Gasteiger partial charge in [0.05, 0.1) is 18.2 Å². The van der Waals surface area contributed by atoms with Crippen LogP contribution < -0.4 is 5.73 Å². The maximum atomic E-state index is 11.9. The number of carbonyl (C=O) groups is 2. The van der Waals surface area contributed by atoms with Crippen LogP contribution in [0.3, 0.4) is 0 Å². The number of amides is 1. The fourth-order valence-electron chi connectivity index (χ4n) is 2.32. The second-order valence-electron chi connectivity index (χ2n) is 4.56.